The van der Waals surface area contributed by atoms with Gasteiger partial charge in [-0.25, -0.2) is 17.8 Å². The molecule has 0 radical (unpaired) electrons. The zero-order valence-electron chi connectivity index (χ0n) is 14.6. The van der Waals surface area contributed by atoms with E-state index in [9.17, 15) is 22.9 Å². The molecular formula is C18H15FN4O4S. The van der Waals surface area contributed by atoms with Crippen LogP contribution in [0.2, 0.25) is 0 Å². The third kappa shape index (κ3) is 4.07. The zero-order chi connectivity index (χ0) is 20.3. The predicted octanol–water partition coefficient (Wildman–Crippen LogP) is 3.98. The summed E-state index contributed by atoms with van der Waals surface area (Å²) in [7, 11) is -4.09. The van der Waals surface area contributed by atoms with Crippen LogP contribution in [0.25, 0.3) is 0 Å². The molecule has 8 nitrogen and oxygen atoms in total. The first-order valence-electron chi connectivity index (χ1n) is 8.02. The van der Waals surface area contributed by atoms with Crippen LogP contribution in [0.15, 0.2) is 65.7 Å². The van der Waals surface area contributed by atoms with Crippen molar-refractivity contribution in [1.82, 2.24) is 4.98 Å². The Morgan fingerprint density at radius 1 is 1.11 bits per heavy atom. The summed E-state index contributed by atoms with van der Waals surface area (Å²) in [6.07, 6.45) is 1.38. The number of para-hydroxylation sites is 1. The van der Waals surface area contributed by atoms with Gasteiger partial charge in [-0.3, -0.25) is 14.8 Å². The summed E-state index contributed by atoms with van der Waals surface area (Å²) < 4.78 is 41.5. The average Bonchev–Trinajstić information content (AvgIpc) is 2.65. The molecule has 0 saturated carbocycles. The van der Waals surface area contributed by atoms with Gasteiger partial charge in [-0.15, -0.1) is 0 Å². The van der Waals surface area contributed by atoms with Crippen molar-refractivity contribution >= 4 is 32.9 Å². The normalized spacial score (nSPS) is 11.1. The Kier molecular flexibility index (Phi) is 5.23. The third-order valence-corrected chi connectivity index (χ3v) is 5.35. The third-order valence-electron chi connectivity index (χ3n) is 3.84. The number of pyridine rings is 1. The topological polar surface area (TPSA) is 114 Å². The molecule has 3 rings (SSSR count). The van der Waals surface area contributed by atoms with E-state index in [0.29, 0.717) is 5.56 Å². The van der Waals surface area contributed by atoms with Crippen molar-refractivity contribution in [3.63, 3.8) is 0 Å². The van der Waals surface area contributed by atoms with Gasteiger partial charge in [0.15, 0.2) is 0 Å². The molecule has 0 aliphatic carbocycles. The van der Waals surface area contributed by atoms with Crippen LogP contribution in [0.3, 0.4) is 0 Å². The number of hydrogen-bond acceptors (Lipinski definition) is 6. The molecule has 1 heterocycles. The minimum Gasteiger partial charge on any atom is -0.334 e. The van der Waals surface area contributed by atoms with Crippen molar-refractivity contribution < 1.29 is 17.7 Å². The molecule has 10 heteroatoms. The lowest BCUT2D eigenvalue weighted by Crippen LogP contribution is -2.15. The summed E-state index contributed by atoms with van der Waals surface area (Å²) in [5.74, 6) is -0.733. The number of benzene rings is 2. The van der Waals surface area contributed by atoms with E-state index in [1.165, 1.54) is 48.7 Å². The molecule has 144 valence electrons. The number of halogens is 1. The number of aryl methyl sites for hydroxylation is 1. The van der Waals surface area contributed by atoms with E-state index in [1.54, 1.807) is 13.0 Å². The zero-order valence-corrected chi connectivity index (χ0v) is 15.4. The van der Waals surface area contributed by atoms with Gasteiger partial charge in [0.05, 0.1) is 15.5 Å². The molecule has 0 aliphatic heterocycles. The number of hydrogen-bond donors (Lipinski definition) is 2. The fourth-order valence-corrected chi connectivity index (χ4v) is 3.83. The molecule has 0 saturated heterocycles. The minimum atomic E-state index is -4.09. The summed E-state index contributed by atoms with van der Waals surface area (Å²) in [6, 6.07) is 12.5. The van der Waals surface area contributed by atoms with E-state index < -0.39 is 20.8 Å². The Morgan fingerprint density at radius 3 is 2.57 bits per heavy atom. The van der Waals surface area contributed by atoms with E-state index in [1.807, 2.05) is 0 Å². The second-order valence-corrected chi connectivity index (χ2v) is 7.47. The number of nitrogens with one attached hydrogen (secondary N) is 2. The van der Waals surface area contributed by atoms with Gasteiger partial charge in [-0.2, -0.15) is 0 Å². The van der Waals surface area contributed by atoms with Crippen molar-refractivity contribution in [1.29, 1.82) is 0 Å². The van der Waals surface area contributed by atoms with Crippen molar-refractivity contribution in [3.8, 4) is 0 Å². The van der Waals surface area contributed by atoms with Gasteiger partial charge in [-0.05, 0) is 42.8 Å². The van der Waals surface area contributed by atoms with Gasteiger partial charge in [-0.1, -0.05) is 18.2 Å². The molecule has 2 N–H and O–H groups in total. The molecule has 0 aliphatic rings. The summed E-state index contributed by atoms with van der Waals surface area (Å²) >= 11 is 0. The second kappa shape index (κ2) is 7.61. The second-order valence-electron chi connectivity index (χ2n) is 5.82. The van der Waals surface area contributed by atoms with Crippen LogP contribution in [-0.2, 0) is 10.0 Å². The van der Waals surface area contributed by atoms with E-state index in [4.69, 9.17) is 0 Å². The van der Waals surface area contributed by atoms with Gasteiger partial charge in [0.2, 0.25) is 5.82 Å². The highest BCUT2D eigenvalue weighted by atomic mass is 32.2. The Bertz CT molecular complexity index is 1150. The number of anilines is 3. The van der Waals surface area contributed by atoms with E-state index >= 15 is 0 Å². The SMILES string of the molecule is Cc1ccc(Nc2ncccc2[N+](=O)[O-])cc1S(=O)(=O)Nc1ccccc1F. The Morgan fingerprint density at radius 2 is 1.86 bits per heavy atom. The first-order chi connectivity index (χ1) is 13.3. The van der Waals surface area contributed by atoms with Crippen molar-refractivity contribution in [2.75, 3.05) is 10.0 Å². The molecule has 0 bridgehead atoms. The Balaban J connectivity index is 1.96. The smallest absolute Gasteiger partial charge is 0.311 e. The molecule has 0 fully saturated rings. The first-order valence-corrected chi connectivity index (χ1v) is 9.51. The lowest BCUT2D eigenvalue weighted by atomic mass is 10.2. The number of nitro groups is 1. The maximum atomic E-state index is 13.8. The molecule has 2 aromatic carbocycles. The van der Waals surface area contributed by atoms with Gasteiger partial charge < -0.3 is 5.32 Å². The molecule has 1 aromatic heterocycles. The molecule has 3 aromatic rings. The Hall–Kier alpha value is -3.53. The average molecular weight is 402 g/mol. The molecule has 28 heavy (non-hydrogen) atoms. The predicted molar refractivity (Wildman–Crippen MR) is 103 cm³/mol. The number of nitrogens with zero attached hydrogens (tertiary/aromatic N) is 2. The molecule has 0 unspecified atom stereocenters. The van der Waals surface area contributed by atoms with Crippen LogP contribution in [0.4, 0.5) is 27.3 Å². The van der Waals surface area contributed by atoms with E-state index in [0.717, 1.165) is 6.07 Å². The standard InChI is InChI=1S/C18H15FN4O4S/c1-12-8-9-13(21-18-16(23(24)25)7-4-10-20-18)11-17(12)28(26,27)22-15-6-3-2-5-14(15)19/h2-11,22H,1H3,(H,20,21). The van der Waals surface area contributed by atoms with Crippen LogP contribution in [-0.4, -0.2) is 18.3 Å². The maximum Gasteiger partial charge on any atom is 0.311 e. The van der Waals surface area contributed by atoms with Crippen molar-refractivity contribution in [2.45, 2.75) is 11.8 Å². The summed E-state index contributed by atoms with van der Waals surface area (Å²) in [6.45, 7) is 1.59. The fourth-order valence-electron chi connectivity index (χ4n) is 2.49. The summed E-state index contributed by atoms with van der Waals surface area (Å²) in [4.78, 5) is 14.3. The lowest BCUT2D eigenvalue weighted by molar-refractivity contribution is -0.384. The van der Waals surface area contributed by atoms with Crippen molar-refractivity contribution in [3.05, 3.63) is 82.3 Å². The van der Waals surface area contributed by atoms with Crippen LogP contribution in [0.5, 0.6) is 0 Å². The number of rotatable bonds is 6. The highest BCUT2D eigenvalue weighted by molar-refractivity contribution is 7.92. The van der Waals surface area contributed by atoms with Gasteiger partial charge in [0, 0.05) is 18.0 Å². The largest absolute Gasteiger partial charge is 0.334 e. The Labute approximate surface area is 160 Å². The van der Waals surface area contributed by atoms with Gasteiger partial charge >= 0.3 is 5.69 Å². The highest BCUT2D eigenvalue weighted by Crippen LogP contribution is 2.28. The number of sulfonamides is 1. The molecule has 0 atom stereocenters. The monoisotopic (exact) mass is 402 g/mol. The van der Waals surface area contributed by atoms with Crippen LogP contribution in [0, 0.1) is 22.9 Å². The van der Waals surface area contributed by atoms with Crippen LogP contribution < -0.4 is 10.0 Å². The molecular weight excluding hydrogens is 387 g/mol. The fraction of sp³-hybridized carbons (Fsp3) is 0.0556. The first kappa shape index (κ1) is 19.2. The van der Waals surface area contributed by atoms with Gasteiger partial charge in [0.1, 0.15) is 5.82 Å². The lowest BCUT2D eigenvalue weighted by Gasteiger charge is -2.13. The molecule has 0 spiro atoms. The number of aromatic nitrogens is 1. The van der Waals surface area contributed by atoms with Crippen LogP contribution in [0.1, 0.15) is 5.56 Å². The van der Waals surface area contributed by atoms with Gasteiger partial charge in [0.25, 0.3) is 10.0 Å². The maximum absolute atomic E-state index is 13.8. The van der Waals surface area contributed by atoms with E-state index in [2.05, 4.69) is 15.0 Å². The summed E-state index contributed by atoms with van der Waals surface area (Å²) in [5.41, 5.74) is 0.267. The highest BCUT2D eigenvalue weighted by Gasteiger charge is 2.20. The quantitative estimate of drug-likeness (QED) is 0.476. The van der Waals surface area contributed by atoms with Crippen molar-refractivity contribution in [2.24, 2.45) is 0 Å². The van der Waals surface area contributed by atoms with Crippen LogP contribution >= 0.6 is 0 Å². The van der Waals surface area contributed by atoms with E-state index in [-0.39, 0.29) is 27.8 Å². The summed E-state index contributed by atoms with van der Waals surface area (Å²) in [5, 5.41) is 13.9. The minimum absolute atomic E-state index is 0.0261. The molecule has 0 amide bonds.